The minimum atomic E-state index is -0.427. The second-order valence-corrected chi connectivity index (χ2v) is 8.84. The van der Waals surface area contributed by atoms with Gasteiger partial charge in [-0.3, -0.25) is 19.1 Å². The molecule has 3 aromatic carbocycles. The number of hydrogen-bond acceptors (Lipinski definition) is 4. The average Bonchev–Trinajstić information content (AvgIpc) is 3.32. The van der Waals surface area contributed by atoms with Gasteiger partial charge in [-0.05, 0) is 49.4 Å². The van der Waals surface area contributed by atoms with Crippen molar-refractivity contribution in [1.82, 2.24) is 9.78 Å². The van der Waals surface area contributed by atoms with Crippen LogP contribution in [0.2, 0.25) is 10.0 Å². The molecule has 0 unspecified atom stereocenters. The average molecular weight is 505 g/mol. The van der Waals surface area contributed by atoms with Crippen molar-refractivity contribution in [3.8, 4) is 0 Å². The van der Waals surface area contributed by atoms with Gasteiger partial charge in [-0.25, -0.2) is 4.90 Å². The summed E-state index contributed by atoms with van der Waals surface area (Å²) >= 11 is 12.5. The largest absolute Gasteiger partial charge is 0.305 e. The van der Waals surface area contributed by atoms with Crippen molar-refractivity contribution in [3.05, 3.63) is 111 Å². The van der Waals surface area contributed by atoms with Crippen molar-refractivity contribution < 1.29 is 14.4 Å². The van der Waals surface area contributed by atoms with Gasteiger partial charge in [-0.15, -0.1) is 0 Å². The molecule has 5 rings (SSSR count). The summed E-state index contributed by atoms with van der Waals surface area (Å²) in [4.78, 5) is 39.6. The number of halogens is 2. The fourth-order valence-electron chi connectivity index (χ4n) is 3.96. The zero-order valence-electron chi connectivity index (χ0n) is 18.5. The third kappa shape index (κ3) is 4.20. The second kappa shape index (κ2) is 9.02. The molecule has 0 aliphatic carbocycles. The van der Waals surface area contributed by atoms with Gasteiger partial charge in [0.15, 0.2) is 5.82 Å². The number of rotatable bonds is 5. The molecule has 1 aliphatic heterocycles. The Bertz CT molecular complexity index is 1460. The highest BCUT2D eigenvalue weighted by Gasteiger charge is 2.36. The van der Waals surface area contributed by atoms with E-state index in [1.165, 1.54) is 6.07 Å². The molecule has 1 N–H and O–H groups in total. The number of nitrogens with zero attached hydrogens (tertiary/aromatic N) is 3. The molecule has 0 fully saturated rings. The number of imide groups is 1. The van der Waals surface area contributed by atoms with E-state index in [-0.39, 0.29) is 5.56 Å². The topological polar surface area (TPSA) is 84.3 Å². The number of fused-ring (bicyclic) bond motifs is 1. The first-order chi connectivity index (χ1) is 16.8. The Kier molecular flexibility index (Phi) is 5.88. The maximum absolute atomic E-state index is 13.0. The lowest BCUT2D eigenvalue weighted by Gasteiger charge is -2.14. The first kappa shape index (κ1) is 22.8. The van der Waals surface area contributed by atoms with Crippen LogP contribution in [-0.2, 0) is 6.54 Å². The number of aromatic nitrogens is 2. The fourth-order valence-corrected chi connectivity index (χ4v) is 4.48. The standard InChI is InChI=1S/C26H18Cl2N4O3/c1-15-12-23(30-31(15)14-20-21(27)10-5-11-22(20)28)29-24(33)16-6-4-7-17(13-16)32-25(34)18-8-2-3-9-19(18)26(32)35/h2-13H,14H2,1H3,(H,29,30,33). The molecular weight excluding hydrogens is 487 g/mol. The summed E-state index contributed by atoms with van der Waals surface area (Å²) in [6.07, 6.45) is 0. The smallest absolute Gasteiger partial charge is 0.266 e. The Labute approximate surface area is 210 Å². The SMILES string of the molecule is Cc1cc(NC(=O)c2cccc(N3C(=O)c4ccccc4C3=O)c2)nn1Cc1c(Cl)cccc1Cl. The lowest BCUT2D eigenvalue weighted by molar-refractivity contribution is 0.0924. The van der Waals surface area contributed by atoms with Crippen LogP contribution in [0.1, 0.15) is 42.3 Å². The van der Waals surface area contributed by atoms with E-state index in [0.717, 1.165) is 16.2 Å². The lowest BCUT2D eigenvalue weighted by Crippen LogP contribution is -2.29. The van der Waals surface area contributed by atoms with Gasteiger partial charge in [-0.2, -0.15) is 5.10 Å². The van der Waals surface area contributed by atoms with Gasteiger partial charge in [0.05, 0.1) is 23.4 Å². The quantitative estimate of drug-likeness (QED) is 0.358. The summed E-state index contributed by atoms with van der Waals surface area (Å²) in [5.41, 5.74) is 2.81. The maximum atomic E-state index is 13.0. The maximum Gasteiger partial charge on any atom is 0.266 e. The summed E-state index contributed by atoms with van der Waals surface area (Å²) in [5.74, 6) is -0.919. The molecule has 0 radical (unpaired) electrons. The Balaban J connectivity index is 1.36. The molecule has 35 heavy (non-hydrogen) atoms. The number of amides is 3. The molecule has 174 valence electrons. The molecule has 1 aliphatic rings. The second-order valence-electron chi connectivity index (χ2n) is 8.02. The van der Waals surface area contributed by atoms with Crippen molar-refractivity contribution in [2.45, 2.75) is 13.5 Å². The molecule has 0 saturated heterocycles. The summed E-state index contributed by atoms with van der Waals surface area (Å²) in [6.45, 7) is 2.20. The molecule has 4 aromatic rings. The van der Waals surface area contributed by atoms with Crippen molar-refractivity contribution in [3.63, 3.8) is 0 Å². The molecule has 0 atom stereocenters. The summed E-state index contributed by atoms with van der Waals surface area (Å²) < 4.78 is 1.69. The van der Waals surface area contributed by atoms with Crippen LogP contribution in [-0.4, -0.2) is 27.5 Å². The van der Waals surface area contributed by atoms with E-state index in [1.807, 2.05) is 6.92 Å². The van der Waals surface area contributed by atoms with Gasteiger partial charge >= 0.3 is 0 Å². The number of carbonyl (C=O) groups excluding carboxylic acids is 3. The number of carbonyl (C=O) groups is 3. The zero-order valence-corrected chi connectivity index (χ0v) is 20.0. The third-order valence-electron chi connectivity index (χ3n) is 5.75. The summed E-state index contributed by atoms with van der Waals surface area (Å²) in [6, 6.07) is 20.0. The highest BCUT2D eigenvalue weighted by atomic mass is 35.5. The van der Waals surface area contributed by atoms with Crippen LogP contribution in [0.4, 0.5) is 11.5 Å². The molecule has 2 heterocycles. The normalized spacial score (nSPS) is 12.7. The highest BCUT2D eigenvalue weighted by Crippen LogP contribution is 2.29. The van der Waals surface area contributed by atoms with Crippen molar-refractivity contribution in [2.75, 3.05) is 10.2 Å². The van der Waals surface area contributed by atoms with Gasteiger partial charge < -0.3 is 5.32 Å². The number of hydrogen-bond donors (Lipinski definition) is 1. The van der Waals surface area contributed by atoms with E-state index in [1.54, 1.807) is 71.4 Å². The van der Waals surface area contributed by atoms with Crippen LogP contribution < -0.4 is 10.2 Å². The number of benzene rings is 3. The molecular formula is C26H18Cl2N4O3. The van der Waals surface area contributed by atoms with Crippen molar-refractivity contribution in [2.24, 2.45) is 0 Å². The number of nitrogens with one attached hydrogen (secondary N) is 1. The lowest BCUT2D eigenvalue weighted by atomic mass is 10.1. The summed E-state index contributed by atoms with van der Waals surface area (Å²) in [5, 5.41) is 8.28. The van der Waals surface area contributed by atoms with E-state index in [4.69, 9.17) is 23.2 Å². The molecule has 9 heteroatoms. The molecule has 0 spiro atoms. The fraction of sp³-hybridized carbons (Fsp3) is 0.0769. The Hall–Kier alpha value is -3.94. The first-order valence-electron chi connectivity index (χ1n) is 10.7. The van der Waals surface area contributed by atoms with Crippen LogP contribution in [0.5, 0.6) is 0 Å². The Morgan fingerprint density at radius 3 is 2.17 bits per heavy atom. The summed E-state index contributed by atoms with van der Waals surface area (Å²) in [7, 11) is 0. The van der Waals surface area contributed by atoms with Gasteiger partial charge in [-0.1, -0.05) is 47.5 Å². The molecule has 0 saturated carbocycles. The molecule has 7 nitrogen and oxygen atoms in total. The Morgan fingerprint density at radius 1 is 0.886 bits per heavy atom. The van der Waals surface area contributed by atoms with Gasteiger partial charge in [0.1, 0.15) is 0 Å². The first-order valence-corrected chi connectivity index (χ1v) is 11.5. The van der Waals surface area contributed by atoms with Crippen molar-refractivity contribution in [1.29, 1.82) is 0 Å². The van der Waals surface area contributed by atoms with Gasteiger partial charge in [0, 0.05) is 32.9 Å². The minimum absolute atomic E-state index is 0.278. The number of aryl methyl sites for hydroxylation is 1. The monoisotopic (exact) mass is 504 g/mol. The predicted octanol–water partition coefficient (Wildman–Crippen LogP) is 5.60. The molecule has 0 bridgehead atoms. The molecule has 1 aromatic heterocycles. The zero-order chi connectivity index (χ0) is 24.7. The molecule has 3 amide bonds. The van der Waals surface area contributed by atoms with Crippen LogP contribution in [0.25, 0.3) is 0 Å². The van der Waals surface area contributed by atoms with Gasteiger partial charge in [0.25, 0.3) is 17.7 Å². The van der Waals surface area contributed by atoms with Crippen LogP contribution in [0.15, 0.2) is 72.8 Å². The van der Waals surface area contributed by atoms with Crippen LogP contribution in [0, 0.1) is 6.92 Å². The minimum Gasteiger partial charge on any atom is -0.305 e. The van der Waals surface area contributed by atoms with E-state index in [2.05, 4.69) is 10.4 Å². The van der Waals surface area contributed by atoms with Crippen LogP contribution >= 0.6 is 23.2 Å². The Morgan fingerprint density at radius 2 is 1.51 bits per heavy atom. The predicted molar refractivity (Wildman–Crippen MR) is 135 cm³/mol. The van der Waals surface area contributed by atoms with Crippen molar-refractivity contribution >= 4 is 52.4 Å². The highest BCUT2D eigenvalue weighted by molar-refractivity contribution is 6.36. The van der Waals surface area contributed by atoms with E-state index in [0.29, 0.717) is 39.2 Å². The van der Waals surface area contributed by atoms with Gasteiger partial charge in [0.2, 0.25) is 0 Å². The van der Waals surface area contributed by atoms with E-state index < -0.39 is 17.7 Å². The van der Waals surface area contributed by atoms with E-state index in [9.17, 15) is 14.4 Å². The number of anilines is 2. The van der Waals surface area contributed by atoms with Crippen LogP contribution in [0.3, 0.4) is 0 Å². The third-order valence-corrected chi connectivity index (χ3v) is 6.46. The van der Waals surface area contributed by atoms with E-state index >= 15 is 0 Å².